The highest BCUT2D eigenvalue weighted by Crippen LogP contribution is 2.33. The summed E-state index contributed by atoms with van der Waals surface area (Å²) in [7, 11) is 0. The Labute approximate surface area is 132 Å². The highest BCUT2D eigenvalue weighted by Gasteiger charge is 2.15. The number of aromatic nitrogens is 1. The molecule has 0 spiro atoms. The van der Waals surface area contributed by atoms with Crippen LogP contribution in [0.2, 0.25) is 10.0 Å². The first-order valence-corrected chi connectivity index (χ1v) is 6.96. The van der Waals surface area contributed by atoms with E-state index in [-0.39, 0.29) is 4.99 Å². The maximum Gasteiger partial charge on any atom is 0.230 e. The molecule has 1 aromatic carbocycles. The second kappa shape index (κ2) is 5.95. The van der Waals surface area contributed by atoms with E-state index in [2.05, 4.69) is 4.98 Å². The zero-order valence-electron chi connectivity index (χ0n) is 10.9. The van der Waals surface area contributed by atoms with Gasteiger partial charge in [-0.15, -0.1) is 0 Å². The Kier molecular flexibility index (Phi) is 4.48. The first kappa shape index (κ1) is 15.0. The maximum atomic E-state index is 6.08. The van der Waals surface area contributed by atoms with E-state index in [0.717, 1.165) is 11.3 Å². The standard InChI is InChI=1S/C14H12Cl2N2OS/c1-7-5-8(2)18-14(12(7)13(17)20)19-11-6-9(15)3-4-10(11)16/h3-6H,1-2H3,(H2,17,20). The molecule has 0 aliphatic heterocycles. The number of pyridine rings is 1. The van der Waals surface area contributed by atoms with E-state index >= 15 is 0 Å². The highest BCUT2D eigenvalue weighted by atomic mass is 35.5. The van der Waals surface area contributed by atoms with Crippen LogP contribution in [0, 0.1) is 13.8 Å². The van der Waals surface area contributed by atoms with Crippen LogP contribution in [0.5, 0.6) is 11.6 Å². The number of thiocarbonyl (C=S) groups is 1. The van der Waals surface area contributed by atoms with E-state index in [0.29, 0.717) is 27.2 Å². The van der Waals surface area contributed by atoms with Crippen molar-refractivity contribution in [2.45, 2.75) is 13.8 Å². The zero-order chi connectivity index (χ0) is 14.9. The summed E-state index contributed by atoms with van der Waals surface area (Å²) < 4.78 is 5.75. The lowest BCUT2D eigenvalue weighted by atomic mass is 10.1. The van der Waals surface area contributed by atoms with Crippen LogP contribution >= 0.6 is 35.4 Å². The lowest BCUT2D eigenvalue weighted by Crippen LogP contribution is -2.14. The van der Waals surface area contributed by atoms with Crippen molar-refractivity contribution in [2.75, 3.05) is 0 Å². The van der Waals surface area contributed by atoms with Gasteiger partial charge >= 0.3 is 0 Å². The van der Waals surface area contributed by atoms with Gasteiger partial charge in [0, 0.05) is 16.8 Å². The molecule has 0 radical (unpaired) electrons. The normalized spacial score (nSPS) is 10.4. The lowest BCUT2D eigenvalue weighted by Gasteiger charge is -2.13. The van der Waals surface area contributed by atoms with Gasteiger partial charge in [0.05, 0.1) is 10.6 Å². The third-order valence-corrected chi connectivity index (χ3v) is 3.41. The van der Waals surface area contributed by atoms with Crippen LogP contribution in [0.1, 0.15) is 16.8 Å². The topological polar surface area (TPSA) is 48.1 Å². The number of hydrogen-bond acceptors (Lipinski definition) is 3. The van der Waals surface area contributed by atoms with E-state index in [9.17, 15) is 0 Å². The summed E-state index contributed by atoms with van der Waals surface area (Å²) in [5, 5.41) is 0.954. The van der Waals surface area contributed by atoms with Crippen LogP contribution in [0.3, 0.4) is 0 Å². The quantitative estimate of drug-likeness (QED) is 0.847. The number of nitrogens with two attached hydrogens (primary N) is 1. The maximum absolute atomic E-state index is 6.08. The minimum absolute atomic E-state index is 0.225. The van der Waals surface area contributed by atoms with Gasteiger partial charge in [-0.05, 0) is 37.6 Å². The second-order valence-electron chi connectivity index (χ2n) is 4.30. The van der Waals surface area contributed by atoms with Gasteiger partial charge in [0.2, 0.25) is 5.88 Å². The summed E-state index contributed by atoms with van der Waals surface area (Å²) in [4.78, 5) is 4.55. The largest absolute Gasteiger partial charge is 0.437 e. The molecule has 2 rings (SSSR count). The fraction of sp³-hybridized carbons (Fsp3) is 0.143. The van der Waals surface area contributed by atoms with Crippen molar-refractivity contribution < 1.29 is 4.74 Å². The minimum Gasteiger partial charge on any atom is -0.437 e. The Balaban J connectivity index is 2.53. The van der Waals surface area contributed by atoms with Crippen LogP contribution in [-0.2, 0) is 0 Å². The Morgan fingerprint density at radius 1 is 1.25 bits per heavy atom. The molecule has 20 heavy (non-hydrogen) atoms. The molecule has 3 nitrogen and oxygen atoms in total. The number of rotatable bonds is 3. The van der Waals surface area contributed by atoms with Crippen LogP contribution in [0.15, 0.2) is 24.3 Å². The van der Waals surface area contributed by atoms with Crippen molar-refractivity contribution in [3.63, 3.8) is 0 Å². The summed E-state index contributed by atoms with van der Waals surface area (Å²) >= 11 is 17.1. The van der Waals surface area contributed by atoms with E-state index in [1.54, 1.807) is 18.2 Å². The fourth-order valence-corrected chi connectivity index (χ4v) is 2.40. The van der Waals surface area contributed by atoms with Gasteiger partial charge in [0.25, 0.3) is 0 Å². The average molecular weight is 327 g/mol. The zero-order valence-corrected chi connectivity index (χ0v) is 13.2. The molecule has 0 saturated carbocycles. The number of hydrogen-bond donors (Lipinski definition) is 1. The van der Waals surface area contributed by atoms with Gasteiger partial charge in [0.1, 0.15) is 10.7 Å². The summed E-state index contributed by atoms with van der Waals surface area (Å²) in [6.45, 7) is 3.76. The molecule has 0 unspecified atom stereocenters. The van der Waals surface area contributed by atoms with Gasteiger partial charge in [-0.2, -0.15) is 0 Å². The van der Waals surface area contributed by atoms with E-state index in [4.69, 9.17) is 45.9 Å². The molecule has 0 aliphatic rings. The molecule has 0 fully saturated rings. The summed E-state index contributed by atoms with van der Waals surface area (Å²) in [5.41, 5.74) is 8.04. The molecule has 2 N–H and O–H groups in total. The summed E-state index contributed by atoms with van der Waals surface area (Å²) in [6, 6.07) is 6.84. The van der Waals surface area contributed by atoms with Gasteiger partial charge in [-0.25, -0.2) is 4.98 Å². The molecular weight excluding hydrogens is 315 g/mol. The molecule has 0 aliphatic carbocycles. The van der Waals surface area contributed by atoms with Crippen LogP contribution in [0.25, 0.3) is 0 Å². The van der Waals surface area contributed by atoms with E-state index in [1.165, 1.54) is 0 Å². The third-order valence-electron chi connectivity index (χ3n) is 2.66. The number of benzene rings is 1. The molecule has 0 atom stereocenters. The Bertz CT molecular complexity index is 689. The first-order valence-electron chi connectivity index (χ1n) is 5.79. The van der Waals surface area contributed by atoms with Crippen molar-refractivity contribution >= 4 is 40.4 Å². The van der Waals surface area contributed by atoms with E-state index < -0.39 is 0 Å². The van der Waals surface area contributed by atoms with Crippen molar-refractivity contribution in [2.24, 2.45) is 5.73 Å². The van der Waals surface area contributed by atoms with Crippen LogP contribution in [0.4, 0.5) is 0 Å². The summed E-state index contributed by atoms with van der Waals surface area (Å²) in [5.74, 6) is 0.744. The van der Waals surface area contributed by atoms with Gasteiger partial charge in [0.15, 0.2) is 0 Å². The van der Waals surface area contributed by atoms with Crippen molar-refractivity contribution in [1.29, 1.82) is 0 Å². The lowest BCUT2D eigenvalue weighted by molar-refractivity contribution is 0.460. The molecule has 6 heteroatoms. The molecule has 1 heterocycles. The predicted molar refractivity (Wildman–Crippen MR) is 86.1 cm³/mol. The van der Waals surface area contributed by atoms with Crippen molar-refractivity contribution in [3.05, 3.63) is 51.1 Å². The van der Waals surface area contributed by atoms with Crippen molar-refractivity contribution in [1.82, 2.24) is 4.98 Å². The molecule has 2 aromatic rings. The Hall–Kier alpha value is -1.36. The number of halogens is 2. The van der Waals surface area contributed by atoms with Gasteiger partial charge < -0.3 is 10.5 Å². The minimum atomic E-state index is 0.225. The first-order chi connectivity index (χ1) is 9.38. The highest BCUT2D eigenvalue weighted by molar-refractivity contribution is 7.80. The van der Waals surface area contributed by atoms with Crippen LogP contribution in [-0.4, -0.2) is 9.97 Å². The Morgan fingerprint density at radius 2 is 1.95 bits per heavy atom. The average Bonchev–Trinajstić information content (AvgIpc) is 2.32. The molecule has 1 aromatic heterocycles. The van der Waals surface area contributed by atoms with Crippen molar-refractivity contribution in [3.8, 4) is 11.6 Å². The Morgan fingerprint density at radius 3 is 2.60 bits per heavy atom. The molecule has 0 amide bonds. The molecule has 0 bridgehead atoms. The SMILES string of the molecule is Cc1cc(C)c(C(N)=S)c(Oc2cc(Cl)ccc2Cl)n1. The second-order valence-corrected chi connectivity index (χ2v) is 5.59. The van der Waals surface area contributed by atoms with Gasteiger partial charge in [-0.1, -0.05) is 35.4 Å². The number of aryl methyl sites for hydroxylation is 2. The van der Waals surface area contributed by atoms with E-state index in [1.807, 2.05) is 19.9 Å². The summed E-state index contributed by atoms with van der Waals surface area (Å²) in [6.07, 6.45) is 0. The third kappa shape index (κ3) is 3.20. The van der Waals surface area contributed by atoms with Gasteiger partial charge in [-0.3, -0.25) is 0 Å². The monoisotopic (exact) mass is 326 g/mol. The number of nitrogens with zero attached hydrogens (tertiary/aromatic N) is 1. The fourth-order valence-electron chi connectivity index (χ4n) is 1.84. The van der Waals surface area contributed by atoms with Crippen LogP contribution < -0.4 is 10.5 Å². The molecule has 104 valence electrons. The molecular formula is C14H12Cl2N2OS. The number of ether oxygens (including phenoxy) is 1. The molecule has 0 saturated heterocycles. The predicted octanol–water partition coefficient (Wildman–Crippen LogP) is 4.43. The smallest absolute Gasteiger partial charge is 0.230 e.